The number of benzene rings is 7. The van der Waals surface area contributed by atoms with Crippen molar-refractivity contribution in [2.75, 3.05) is 0 Å². The Morgan fingerprint density at radius 3 is 1.35 bits per heavy atom. The van der Waals surface area contributed by atoms with Crippen LogP contribution in [0.4, 0.5) is 0 Å². The SMILES string of the molecule is O=S1(=O)c2ccccc2C(c2ccccc2)(c2cccc(-c3nc(-c4ccccc4)nc(-c4cccc(-c5ccccc5)c4)n3)c2)c2ccccc21. The van der Waals surface area contributed by atoms with Crippen molar-refractivity contribution in [1.29, 1.82) is 0 Å². The van der Waals surface area contributed by atoms with Crippen LogP contribution in [-0.2, 0) is 15.3 Å². The summed E-state index contributed by atoms with van der Waals surface area (Å²) in [5.74, 6) is 1.64. The molecule has 0 N–H and O–H groups in total. The zero-order chi connectivity index (χ0) is 35.1. The van der Waals surface area contributed by atoms with Gasteiger partial charge in [0.25, 0.3) is 0 Å². The molecule has 0 saturated carbocycles. The lowest BCUT2D eigenvalue weighted by Gasteiger charge is -2.41. The summed E-state index contributed by atoms with van der Waals surface area (Å²) in [4.78, 5) is 15.8. The van der Waals surface area contributed by atoms with Crippen molar-refractivity contribution in [3.05, 3.63) is 210 Å². The fourth-order valence-electron chi connectivity index (χ4n) is 7.47. The predicted octanol–water partition coefficient (Wildman–Crippen LogP) is 10.1. The van der Waals surface area contributed by atoms with Crippen LogP contribution in [0, 0.1) is 0 Å². The molecule has 0 unspecified atom stereocenters. The van der Waals surface area contributed by atoms with Crippen molar-refractivity contribution in [2.24, 2.45) is 0 Å². The molecule has 0 aliphatic carbocycles. The number of fused-ring (bicyclic) bond motifs is 2. The fourth-order valence-corrected chi connectivity index (χ4v) is 9.25. The van der Waals surface area contributed by atoms with Crippen LogP contribution in [0.25, 0.3) is 45.3 Å². The third-order valence-corrected chi connectivity index (χ3v) is 11.7. The molecule has 7 aromatic carbocycles. The largest absolute Gasteiger partial charge is 0.218 e. The van der Waals surface area contributed by atoms with Gasteiger partial charge in [0.2, 0.25) is 9.84 Å². The van der Waals surface area contributed by atoms with Gasteiger partial charge in [0.1, 0.15) is 0 Å². The molecule has 0 amide bonds. The molecule has 8 aromatic rings. The van der Waals surface area contributed by atoms with E-state index in [1.54, 1.807) is 24.3 Å². The summed E-state index contributed by atoms with van der Waals surface area (Å²) in [6.45, 7) is 0. The summed E-state index contributed by atoms with van der Waals surface area (Å²) in [7, 11) is -3.78. The van der Waals surface area contributed by atoms with Crippen LogP contribution < -0.4 is 0 Å². The second kappa shape index (κ2) is 12.7. The van der Waals surface area contributed by atoms with Gasteiger partial charge in [0, 0.05) is 16.7 Å². The van der Waals surface area contributed by atoms with E-state index in [0.717, 1.165) is 38.9 Å². The highest BCUT2D eigenvalue weighted by Gasteiger charge is 2.48. The van der Waals surface area contributed by atoms with Gasteiger partial charge in [-0.25, -0.2) is 23.4 Å². The Kier molecular flexibility index (Phi) is 7.67. The van der Waals surface area contributed by atoms with Gasteiger partial charge in [0.05, 0.1) is 15.2 Å². The standard InChI is InChI=1S/C46H31N3O2S/c50-52(51)41-28-12-10-26-39(41)46(37-23-8-3-9-24-37,40-27-11-13-29-42(40)52)38-25-15-22-36(31-38)45-48-43(33-18-6-2-7-19-33)47-44(49-45)35-21-14-20-34(30-35)32-16-4-1-5-17-32/h1-31H. The zero-order valence-corrected chi connectivity index (χ0v) is 28.8. The van der Waals surface area contributed by atoms with Gasteiger partial charge < -0.3 is 0 Å². The second-order valence-electron chi connectivity index (χ2n) is 12.8. The van der Waals surface area contributed by atoms with E-state index >= 15 is 0 Å². The Bertz CT molecular complexity index is 2640. The normalized spacial score (nSPS) is 13.8. The molecule has 52 heavy (non-hydrogen) atoms. The van der Waals surface area contributed by atoms with Crippen LogP contribution in [0.1, 0.15) is 22.3 Å². The quantitative estimate of drug-likeness (QED) is 0.174. The zero-order valence-electron chi connectivity index (χ0n) is 28.0. The first-order valence-corrected chi connectivity index (χ1v) is 18.6. The second-order valence-corrected chi connectivity index (χ2v) is 14.7. The van der Waals surface area contributed by atoms with Crippen molar-refractivity contribution >= 4 is 9.84 Å². The summed E-state index contributed by atoms with van der Waals surface area (Å²) in [5.41, 5.74) is 7.04. The van der Waals surface area contributed by atoms with Gasteiger partial charge in [-0.3, -0.25) is 0 Å². The molecule has 0 fully saturated rings. The maximum atomic E-state index is 14.2. The Hall–Kier alpha value is -6.50. The number of rotatable bonds is 6. The average Bonchev–Trinajstić information content (AvgIpc) is 3.22. The number of hydrogen-bond donors (Lipinski definition) is 0. The number of sulfone groups is 1. The summed E-state index contributed by atoms with van der Waals surface area (Å²) in [5, 5.41) is 0. The lowest BCUT2D eigenvalue weighted by molar-refractivity contribution is 0.579. The highest BCUT2D eigenvalue weighted by Crippen LogP contribution is 2.53. The number of hydrogen-bond acceptors (Lipinski definition) is 5. The molecule has 1 aromatic heterocycles. The Morgan fingerprint density at radius 2 is 0.750 bits per heavy atom. The smallest absolute Gasteiger partial charge is 0.207 e. The monoisotopic (exact) mass is 689 g/mol. The first-order valence-electron chi connectivity index (χ1n) is 17.1. The molecule has 0 bridgehead atoms. The van der Waals surface area contributed by atoms with Crippen LogP contribution in [0.15, 0.2) is 198 Å². The van der Waals surface area contributed by atoms with E-state index in [4.69, 9.17) is 15.0 Å². The van der Waals surface area contributed by atoms with Crippen molar-refractivity contribution in [3.8, 4) is 45.3 Å². The summed E-state index contributed by atoms with van der Waals surface area (Å²) < 4.78 is 28.3. The Balaban J connectivity index is 1.29. The van der Waals surface area contributed by atoms with E-state index in [9.17, 15) is 8.42 Å². The topological polar surface area (TPSA) is 72.8 Å². The van der Waals surface area contributed by atoms with Crippen LogP contribution in [0.2, 0.25) is 0 Å². The molecule has 0 radical (unpaired) electrons. The summed E-state index contributed by atoms with van der Waals surface area (Å²) in [6.07, 6.45) is 0. The van der Waals surface area contributed by atoms with Crippen molar-refractivity contribution in [3.63, 3.8) is 0 Å². The first kappa shape index (κ1) is 31.5. The van der Waals surface area contributed by atoms with E-state index in [2.05, 4.69) is 48.5 Å². The fraction of sp³-hybridized carbons (Fsp3) is 0.0217. The van der Waals surface area contributed by atoms with E-state index < -0.39 is 15.3 Å². The molecule has 1 aliphatic rings. The van der Waals surface area contributed by atoms with Gasteiger partial charge in [-0.1, -0.05) is 164 Å². The molecule has 2 heterocycles. The van der Waals surface area contributed by atoms with Gasteiger partial charge >= 0.3 is 0 Å². The van der Waals surface area contributed by atoms with Crippen LogP contribution in [-0.4, -0.2) is 23.4 Å². The van der Waals surface area contributed by atoms with Crippen LogP contribution in [0.3, 0.4) is 0 Å². The number of nitrogens with zero attached hydrogens (tertiary/aromatic N) is 3. The van der Waals surface area contributed by atoms with E-state index in [0.29, 0.717) is 38.4 Å². The van der Waals surface area contributed by atoms with Gasteiger partial charge in [0.15, 0.2) is 17.5 Å². The average molecular weight is 690 g/mol. The van der Waals surface area contributed by atoms with E-state index in [1.807, 2.05) is 115 Å². The third-order valence-electron chi connectivity index (χ3n) is 9.82. The molecule has 9 rings (SSSR count). The highest BCUT2D eigenvalue weighted by molar-refractivity contribution is 7.91. The third kappa shape index (κ3) is 5.15. The Morgan fingerprint density at radius 1 is 0.346 bits per heavy atom. The maximum absolute atomic E-state index is 14.2. The van der Waals surface area contributed by atoms with Crippen molar-refractivity contribution < 1.29 is 8.42 Å². The summed E-state index contributed by atoms with van der Waals surface area (Å²) in [6, 6.07) is 61.5. The van der Waals surface area contributed by atoms with Crippen molar-refractivity contribution in [1.82, 2.24) is 15.0 Å². The maximum Gasteiger partial charge on any atom is 0.207 e. The molecular weight excluding hydrogens is 659 g/mol. The molecule has 1 aliphatic heterocycles. The highest BCUT2D eigenvalue weighted by atomic mass is 32.2. The molecule has 248 valence electrons. The van der Waals surface area contributed by atoms with Gasteiger partial charge in [-0.15, -0.1) is 0 Å². The van der Waals surface area contributed by atoms with Gasteiger partial charge in [-0.2, -0.15) is 0 Å². The number of aromatic nitrogens is 3. The first-order chi connectivity index (χ1) is 25.5. The van der Waals surface area contributed by atoms with E-state index in [-0.39, 0.29) is 0 Å². The molecular formula is C46H31N3O2S. The lowest BCUT2D eigenvalue weighted by atomic mass is 9.64. The summed E-state index contributed by atoms with van der Waals surface area (Å²) >= 11 is 0. The molecule has 5 nitrogen and oxygen atoms in total. The van der Waals surface area contributed by atoms with Crippen molar-refractivity contribution in [2.45, 2.75) is 15.2 Å². The minimum atomic E-state index is -3.78. The van der Waals surface area contributed by atoms with Crippen LogP contribution >= 0.6 is 0 Å². The molecule has 6 heteroatoms. The lowest BCUT2D eigenvalue weighted by Crippen LogP contribution is -2.37. The van der Waals surface area contributed by atoms with Crippen LogP contribution in [0.5, 0.6) is 0 Å². The van der Waals surface area contributed by atoms with E-state index in [1.165, 1.54) is 0 Å². The molecule has 0 saturated heterocycles. The van der Waals surface area contributed by atoms with Gasteiger partial charge in [-0.05, 0) is 57.6 Å². The minimum Gasteiger partial charge on any atom is -0.218 e. The predicted molar refractivity (Wildman–Crippen MR) is 205 cm³/mol. The molecule has 0 atom stereocenters. The Labute approximate surface area is 302 Å². The minimum absolute atomic E-state index is 0.301. The molecule has 0 spiro atoms.